The number of anilines is 1. The molecule has 0 radical (unpaired) electrons. The smallest absolute Gasteiger partial charge is 0.240 e. The summed E-state index contributed by atoms with van der Waals surface area (Å²) in [4.78, 5) is 24.6. The van der Waals surface area contributed by atoms with E-state index in [1.54, 1.807) is 11.3 Å². The molecule has 2 aliphatic rings. The lowest BCUT2D eigenvalue weighted by molar-refractivity contribution is -0.119. The third-order valence-electron chi connectivity index (χ3n) is 4.36. The van der Waals surface area contributed by atoms with Gasteiger partial charge in [-0.15, -0.1) is 11.3 Å². The summed E-state index contributed by atoms with van der Waals surface area (Å²) < 4.78 is 0. The van der Waals surface area contributed by atoms with E-state index in [9.17, 15) is 9.90 Å². The number of aliphatic hydroxyl groups is 1. The number of carbonyl (C=O) groups is 1. The molecule has 2 atom stereocenters. The van der Waals surface area contributed by atoms with Crippen LogP contribution in [0.25, 0.3) is 10.2 Å². The Labute approximate surface area is 125 Å². The van der Waals surface area contributed by atoms with Crippen LogP contribution in [0.4, 0.5) is 5.82 Å². The highest BCUT2D eigenvalue weighted by Gasteiger charge is 2.37. The highest BCUT2D eigenvalue weighted by molar-refractivity contribution is 7.19. The normalized spacial score (nSPS) is 24.7. The largest absolute Gasteiger partial charge is 0.391 e. The van der Waals surface area contributed by atoms with E-state index in [-0.39, 0.29) is 0 Å². The molecule has 0 saturated carbocycles. The fourth-order valence-electron chi connectivity index (χ4n) is 3.45. The molecular formula is C14H16N4O2S. The first kappa shape index (κ1) is 13.0. The summed E-state index contributed by atoms with van der Waals surface area (Å²) in [6.07, 6.45) is 4.65. The number of primary amides is 1. The van der Waals surface area contributed by atoms with E-state index in [1.165, 1.54) is 16.8 Å². The van der Waals surface area contributed by atoms with Crippen LogP contribution in [0, 0.1) is 0 Å². The van der Waals surface area contributed by atoms with Gasteiger partial charge >= 0.3 is 0 Å². The van der Waals surface area contributed by atoms with Crippen molar-refractivity contribution in [2.45, 2.75) is 37.8 Å². The summed E-state index contributed by atoms with van der Waals surface area (Å²) in [5.41, 5.74) is 6.80. The summed E-state index contributed by atoms with van der Waals surface area (Å²) in [7, 11) is 0. The van der Waals surface area contributed by atoms with E-state index in [1.807, 2.05) is 4.90 Å². The van der Waals surface area contributed by atoms with E-state index < -0.39 is 18.1 Å². The van der Waals surface area contributed by atoms with Crippen LogP contribution in [-0.4, -0.2) is 39.7 Å². The van der Waals surface area contributed by atoms with Gasteiger partial charge in [0.1, 0.15) is 23.0 Å². The number of carbonyl (C=O) groups excluding carboxylic acids is 1. The molecule has 1 amide bonds. The minimum absolute atomic E-state index is 0.368. The number of aromatic nitrogens is 2. The van der Waals surface area contributed by atoms with Gasteiger partial charge in [-0.25, -0.2) is 9.97 Å². The van der Waals surface area contributed by atoms with Crippen LogP contribution in [0.1, 0.15) is 23.3 Å². The first-order valence-electron chi connectivity index (χ1n) is 7.14. The van der Waals surface area contributed by atoms with Gasteiger partial charge in [0.2, 0.25) is 5.91 Å². The zero-order valence-electron chi connectivity index (χ0n) is 11.5. The fourth-order valence-corrected chi connectivity index (χ4v) is 4.67. The molecule has 7 heteroatoms. The lowest BCUT2D eigenvalue weighted by Crippen LogP contribution is -2.40. The number of nitrogens with two attached hydrogens (primary N) is 1. The number of aliphatic hydroxyl groups excluding tert-OH is 1. The lowest BCUT2D eigenvalue weighted by atomic mass is 10.1. The second-order valence-electron chi connectivity index (χ2n) is 5.69. The molecule has 4 rings (SSSR count). The average Bonchev–Trinajstić information content (AvgIpc) is 3.10. The summed E-state index contributed by atoms with van der Waals surface area (Å²) in [5, 5.41) is 11.0. The van der Waals surface area contributed by atoms with E-state index in [4.69, 9.17) is 5.73 Å². The predicted octanol–water partition coefficient (Wildman–Crippen LogP) is 0.605. The molecule has 0 aromatic carbocycles. The zero-order valence-corrected chi connectivity index (χ0v) is 12.3. The molecule has 2 aromatic rings. The van der Waals surface area contributed by atoms with Crippen molar-refractivity contribution in [1.29, 1.82) is 0 Å². The predicted molar refractivity (Wildman–Crippen MR) is 80.4 cm³/mol. The molecule has 0 unspecified atom stereocenters. The summed E-state index contributed by atoms with van der Waals surface area (Å²) in [6.45, 7) is 0.393. The van der Waals surface area contributed by atoms with Gasteiger partial charge in [-0.1, -0.05) is 0 Å². The quantitative estimate of drug-likeness (QED) is 0.848. The highest BCUT2D eigenvalue weighted by atomic mass is 32.1. The molecule has 3 heterocycles. The van der Waals surface area contributed by atoms with E-state index >= 15 is 0 Å². The van der Waals surface area contributed by atoms with Crippen LogP contribution in [0.15, 0.2) is 6.33 Å². The van der Waals surface area contributed by atoms with Gasteiger partial charge in [0.25, 0.3) is 0 Å². The molecule has 2 aromatic heterocycles. The second-order valence-corrected chi connectivity index (χ2v) is 6.78. The maximum atomic E-state index is 11.7. The Morgan fingerprint density at radius 2 is 2.29 bits per heavy atom. The zero-order chi connectivity index (χ0) is 14.6. The topological polar surface area (TPSA) is 92.3 Å². The lowest BCUT2D eigenvalue weighted by Gasteiger charge is -2.23. The number of thiophene rings is 1. The number of nitrogens with zero attached hydrogens (tertiary/aromatic N) is 3. The van der Waals surface area contributed by atoms with E-state index in [0.29, 0.717) is 13.0 Å². The van der Waals surface area contributed by atoms with Crippen molar-refractivity contribution in [3.63, 3.8) is 0 Å². The fraction of sp³-hybridized carbons (Fsp3) is 0.500. The van der Waals surface area contributed by atoms with Gasteiger partial charge in [0, 0.05) is 17.8 Å². The molecule has 110 valence electrons. The molecule has 1 fully saturated rings. The Hall–Kier alpha value is -1.73. The van der Waals surface area contributed by atoms with Crippen molar-refractivity contribution >= 4 is 33.3 Å². The number of amides is 1. The van der Waals surface area contributed by atoms with Crippen LogP contribution in [0.5, 0.6) is 0 Å². The Morgan fingerprint density at radius 3 is 3.10 bits per heavy atom. The monoisotopic (exact) mass is 304 g/mol. The van der Waals surface area contributed by atoms with Crippen LogP contribution < -0.4 is 10.6 Å². The van der Waals surface area contributed by atoms with Crippen LogP contribution in [0.2, 0.25) is 0 Å². The Balaban J connectivity index is 1.88. The van der Waals surface area contributed by atoms with Crippen LogP contribution in [0.3, 0.4) is 0 Å². The Kier molecular flexibility index (Phi) is 2.87. The SMILES string of the molecule is NC(=O)[C@@H]1C[C@@H](O)CN1c1ncnc2sc3c(c12)CCC3. The van der Waals surface area contributed by atoms with Gasteiger partial charge in [0.05, 0.1) is 11.5 Å². The molecule has 3 N–H and O–H groups in total. The molecule has 1 aliphatic heterocycles. The van der Waals surface area contributed by atoms with Gasteiger partial charge < -0.3 is 15.7 Å². The first-order valence-corrected chi connectivity index (χ1v) is 7.96. The van der Waals surface area contributed by atoms with Crippen molar-refractivity contribution < 1.29 is 9.90 Å². The number of fused-ring (bicyclic) bond motifs is 3. The second kappa shape index (κ2) is 4.64. The van der Waals surface area contributed by atoms with Crippen LogP contribution >= 0.6 is 11.3 Å². The van der Waals surface area contributed by atoms with Gasteiger partial charge in [-0.3, -0.25) is 4.79 Å². The average molecular weight is 304 g/mol. The number of aryl methyl sites for hydroxylation is 2. The Morgan fingerprint density at radius 1 is 1.43 bits per heavy atom. The summed E-state index contributed by atoms with van der Waals surface area (Å²) >= 11 is 1.71. The molecule has 21 heavy (non-hydrogen) atoms. The minimum atomic E-state index is -0.542. The van der Waals surface area contributed by atoms with E-state index in [2.05, 4.69) is 9.97 Å². The molecule has 0 spiro atoms. The van der Waals surface area contributed by atoms with Crippen molar-refractivity contribution in [2.75, 3.05) is 11.4 Å². The molecule has 1 saturated heterocycles. The third-order valence-corrected chi connectivity index (χ3v) is 5.56. The van der Waals surface area contributed by atoms with Crippen molar-refractivity contribution in [3.05, 3.63) is 16.8 Å². The maximum Gasteiger partial charge on any atom is 0.240 e. The summed E-state index contributed by atoms with van der Waals surface area (Å²) in [6, 6.07) is -0.491. The number of β-amino-alcohol motifs (C(OH)–C–C–N with tert-alkyl or cyclic N) is 1. The van der Waals surface area contributed by atoms with Crippen molar-refractivity contribution in [2.24, 2.45) is 5.73 Å². The number of hydrogen-bond donors (Lipinski definition) is 2. The Bertz CT molecular complexity index is 729. The van der Waals surface area contributed by atoms with Crippen molar-refractivity contribution in [1.82, 2.24) is 9.97 Å². The van der Waals surface area contributed by atoms with Gasteiger partial charge in [0.15, 0.2) is 0 Å². The molecule has 0 bridgehead atoms. The molecule has 1 aliphatic carbocycles. The molecule has 6 nitrogen and oxygen atoms in total. The summed E-state index contributed by atoms with van der Waals surface area (Å²) in [5.74, 6) is 0.338. The maximum absolute atomic E-state index is 11.7. The third kappa shape index (κ3) is 1.91. The standard InChI is InChI=1S/C14H16N4O2S/c15-12(20)9-4-7(19)5-18(9)13-11-8-2-1-3-10(8)21-14(11)17-6-16-13/h6-7,9,19H,1-5H2,(H2,15,20)/t7-,9+/m1/s1. The number of hydrogen-bond acceptors (Lipinski definition) is 6. The van der Waals surface area contributed by atoms with Crippen molar-refractivity contribution in [3.8, 4) is 0 Å². The number of rotatable bonds is 2. The van der Waals surface area contributed by atoms with Crippen LogP contribution in [-0.2, 0) is 17.6 Å². The highest BCUT2D eigenvalue weighted by Crippen LogP contribution is 2.41. The van der Waals surface area contributed by atoms with Gasteiger partial charge in [-0.2, -0.15) is 0 Å². The van der Waals surface area contributed by atoms with Gasteiger partial charge in [-0.05, 0) is 24.8 Å². The minimum Gasteiger partial charge on any atom is -0.391 e. The molecular weight excluding hydrogens is 288 g/mol. The van der Waals surface area contributed by atoms with E-state index in [0.717, 1.165) is 35.3 Å². The first-order chi connectivity index (χ1) is 10.1.